The third-order valence-corrected chi connectivity index (χ3v) is 9.25. The molecule has 4 nitrogen and oxygen atoms in total. The highest BCUT2D eigenvalue weighted by Crippen LogP contribution is 2.62. The van der Waals surface area contributed by atoms with Crippen LogP contribution in [0.25, 0.3) is 65.3 Å². The number of nitrogens with zero attached hydrogens (tertiary/aromatic N) is 4. The molecule has 7 rings (SSSR count). The summed E-state index contributed by atoms with van der Waals surface area (Å²) in [5.41, 5.74) is 3.65. The van der Waals surface area contributed by atoms with Crippen molar-refractivity contribution in [1.29, 1.82) is 10.5 Å². The summed E-state index contributed by atoms with van der Waals surface area (Å²) in [7, 11) is 0. The SMILES string of the molecule is [C-]#[N+]/C(C#N)=C1/c2cc(-c3cc(F)c(F)c(F)c3)ccc2-c2c1sc1c2-c2ccc(-c3cc(F)c(F)c(F)c3)cc2/C1=C(/C#N)[N+]#[C-]. The Morgan fingerprint density at radius 1 is 0.532 bits per heavy atom. The van der Waals surface area contributed by atoms with Gasteiger partial charge in [0.1, 0.15) is 0 Å². The number of benzene rings is 4. The summed E-state index contributed by atoms with van der Waals surface area (Å²) in [6.45, 7) is 15.4. The second kappa shape index (κ2) is 10.6. The predicted molar refractivity (Wildman–Crippen MR) is 162 cm³/mol. The largest absolute Gasteiger partial charge is 0.271 e. The van der Waals surface area contributed by atoms with Crippen LogP contribution >= 0.6 is 11.3 Å². The van der Waals surface area contributed by atoms with Crippen LogP contribution < -0.4 is 0 Å². The molecule has 0 amide bonds. The van der Waals surface area contributed by atoms with Crippen LogP contribution in [-0.4, -0.2) is 0 Å². The van der Waals surface area contributed by atoms with Crippen LogP contribution in [0, 0.1) is 70.7 Å². The molecule has 2 aliphatic carbocycles. The second-order valence-electron chi connectivity index (χ2n) is 10.4. The summed E-state index contributed by atoms with van der Waals surface area (Å²) < 4.78 is 83.8. The highest BCUT2D eigenvalue weighted by atomic mass is 32.1. The van der Waals surface area contributed by atoms with Crippen molar-refractivity contribution in [3.8, 4) is 56.6 Å². The van der Waals surface area contributed by atoms with Gasteiger partial charge in [0, 0.05) is 32.0 Å². The summed E-state index contributed by atoms with van der Waals surface area (Å²) in [5, 5.41) is 19.8. The van der Waals surface area contributed by atoms with Gasteiger partial charge in [0.2, 0.25) is 0 Å². The molecule has 0 aliphatic heterocycles. The minimum atomic E-state index is -1.62. The maximum absolute atomic E-state index is 14.1. The van der Waals surface area contributed by atoms with Gasteiger partial charge >= 0.3 is 0 Å². The van der Waals surface area contributed by atoms with Gasteiger partial charge in [0.15, 0.2) is 34.9 Å². The number of allylic oxidation sites excluding steroid dienone is 2. The van der Waals surface area contributed by atoms with Gasteiger partial charge in [0.05, 0.1) is 25.3 Å². The van der Waals surface area contributed by atoms with Crippen molar-refractivity contribution in [3.05, 3.63) is 151 Å². The Labute approximate surface area is 266 Å². The van der Waals surface area contributed by atoms with Gasteiger partial charge in [-0.05, 0) is 80.9 Å². The van der Waals surface area contributed by atoms with E-state index >= 15 is 0 Å². The fraction of sp³-hybridized carbons (Fsp3) is 0. The first-order valence-corrected chi connectivity index (χ1v) is 14.2. The van der Waals surface area contributed by atoms with Crippen LogP contribution in [0.15, 0.2) is 72.1 Å². The lowest BCUT2D eigenvalue weighted by molar-refractivity contribution is 0.447. The predicted octanol–water partition coefficient (Wildman–Crippen LogP) is 10.3. The average Bonchev–Trinajstić information content (AvgIpc) is 3.69. The van der Waals surface area contributed by atoms with E-state index in [0.29, 0.717) is 43.1 Å². The van der Waals surface area contributed by atoms with Crippen LogP contribution in [0.4, 0.5) is 26.3 Å². The Kier molecular flexibility index (Phi) is 6.61. The molecule has 0 N–H and O–H groups in total. The molecule has 0 unspecified atom stereocenters. The number of hydrogen-bond acceptors (Lipinski definition) is 3. The van der Waals surface area contributed by atoms with Crippen molar-refractivity contribution in [2.75, 3.05) is 0 Å². The zero-order valence-corrected chi connectivity index (χ0v) is 24.1. The minimum absolute atomic E-state index is 0.0258. The molecular weight excluding hydrogens is 634 g/mol. The zero-order chi connectivity index (χ0) is 33.3. The van der Waals surface area contributed by atoms with Crippen molar-refractivity contribution >= 4 is 22.5 Å². The van der Waals surface area contributed by atoms with Crippen LogP contribution in [0.2, 0.25) is 0 Å². The molecular formula is C36H10F6N4S. The number of rotatable bonds is 2. The summed E-state index contributed by atoms with van der Waals surface area (Å²) >= 11 is 1.13. The normalized spacial score (nSPS) is 14.2. The molecule has 2 aliphatic rings. The van der Waals surface area contributed by atoms with E-state index in [1.54, 1.807) is 36.4 Å². The first-order chi connectivity index (χ1) is 22.6. The Balaban J connectivity index is 1.51. The molecule has 11 heteroatoms. The third-order valence-electron chi connectivity index (χ3n) is 8.02. The molecule has 222 valence electrons. The maximum atomic E-state index is 14.1. The topological polar surface area (TPSA) is 56.3 Å². The van der Waals surface area contributed by atoms with Gasteiger partial charge in [-0.25, -0.2) is 46.6 Å². The van der Waals surface area contributed by atoms with E-state index in [9.17, 15) is 36.9 Å². The average molecular weight is 645 g/mol. The second-order valence-corrected chi connectivity index (χ2v) is 11.5. The summed E-state index contributed by atoms with van der Waals surface area (Å²) in [4.78, 5) is 7.80. The summed E-state index contributed by atoms with van der Waals surface area (Å²) in [5.74, 6) is -8.79. The van der Waals surface area contributed by atoms with Gasteiger partial charge < -0.3 is 0 Å². The molecule has 0 atom stereocenters. The first kappa shape index (κ1) is 29.3. The van der Waals surface area contributed by atoms with E-state index in [0.717, 1.165) is 35.6 Å². The maximum Gasteiger partial charge on any atom is 0.271 e. The number of fused-ring (bicyclic) bond motifs is 7. The van der Waals surface area contributed by atoms with Gasteiger partial charge in [-0.1, -0.05) is 24.3 Å². The van der Waals surface area contributed by atoms with Crippen molar-refractivity contribution in [2.24, 2.45) is 0 Å². The smallest absolute Gasteiger partial charge is 0.226 e. The molecule has 0 saturated heterocycles. The van der Waals surface area contributed by atoms with E-state index in [-0.39, 0.29) is 44.8 Å². The quantitative estimate of drug-likeness (QED) is 0.0814. The van der Waals surface area contributed by atoms with E-state index in [2.05, 4.69) is 9.69 Å². The molecule has 0 saturated carbocycles. The fourth-order valence-electron chi connectivity index (χ4n) is 6.03. The van der Waals surface area contributed by atoms with Crippen molar-refractivity contribution < 1.29 is 26.3 Å². The number of thiophene rings is 1. The lowest BCUT2D eigenvalue weighted by atomic mass is 9.94. The molecule has 1 heterocycles. The molecule has 47 heavy (non-hydrogen) atoms. The van der Waals surface area contributed by atoms with Crippen LogP contribution in [0.1, 0.15) is 20.9 Å². The van der Waals surface area contributed by atoms with Gasteiger partial charge in [-0.3, -0.25) is 0 Å². The molecule has 0 fully saturated rings. The van der Waals surface area contributed by atoms with Crippen LogP contribution in [-0.2, 0) is 0 Å². The molecule has 4 aromatic carbocycles. The Morgan fingerprint density at radius 3 is 1.21 bits per heavy atom. The minimum Gasteiger partial charge on any atom is -0.226 e. The highest BCUT2D eigenvalue weighted by Gasteiger charge is 2.39. The standard InChI is InChI=1S/C36H10F6N4S/c1-45-27(13-43)29-21-7-15(17-9-23(37)33(41)24(38)10-17)3-5-19(21)31-32-20-6-4-16(18-11-25(39)34(42)26(40)12-18)8-22(20)30(28(14-44)46-2)36(32)47-35(29)31/h3-12H/b29-27-,30-28+. The van der Waals surface area contributed by atoms with Crippen LogP contribution in [0.5, 0.6) is 0 Å². The van der Waals surface area contributed by atoms with Crippen LogP contribution in [0.3, 0.4) is 0 Å². The van der Waals surface area contributed by atoms with E-state index in [4.69, 9.17) is 13.1 Å². The van der Waals surface area contributed by atoms with Crippen molar-refractivity contribution in [2.45, 2.75) is 0 Å². The zero-order valence-electron chi connectivity index (χ0n) is 23.2. The molecule has 0 radical (unpaired) electrons. The van der Waals surface area contributed by atoms with E-state index in [1.165, 1.54) is 0 Å². The van der Waals surface area contributed by atoms with Crippen molar-refractivity contribution in [1.82, 2.24) is 0 Å². The van der Waals surface area contributed by atoms with Crippen molar-refractivity contribution in [3.63, 3.8) is 0 Å². The van der Waals surface area contributed by atoms with Gasteiger partial charge in [0.25, 0.3) is 11.4 Å². The Bertz CT molecular complexity index is 2280. The molecule has 1 aromatic heterocycles. The highest BCUT2D eigenvalue weighted by molar-refractivity contribution is 7.16. The third kappa shape index (κ3) is 4.19. The molecule has 5 aromatic rings. The number of nitriles is 2. The summed E-state index contributed by atoms with van der Waals surface area (Å²) in [6.07, 6.45) is 0. The lowest BCUT2D eigenvalue weighted by Crippen LogP contribution is -1.93. The number of hydrogen-bond donors (Lipinski definition) is 0. The van der Waals surface area contributed by atoms with Gasteiger partial charge in [-0.15, -0.1) is 11.3 Å². The van der Waals surface area contributed by atoms with Gasteiger partial charge in [-0.2, -0.15) is 0 Å². The molecule has 0 bridgehead atoms. The lowest BCUT2D eigenvalue weighted by Gasteiger charge is -2.10. The Hall–Kier alpha value is -6.40. The fourth-order valence-corrected chi connectivity index (χ4v) is 7.48. The first-order valence-electron chi connectivity index (χ1n) is 13.4. The Morgan fingerprint density at radius 2 is 0.894 bits per heavy atom. The monoisotopic (exact) mass is 644 g/mol. The molecule has 0 spiro atoms. The summed E-state index contributed by atoms with van der Waals surface area (Å²) in [6, 6.07) is 16.6. The van der Waals surface area contributed by atoms with E-state index in [1.807, 2.05) is 12.1 Å². The van der Waals surface area contributed by atoms with E-state index < -0.39 is 34.9 Å². The number of halogens is 6.